The van der Waals surface area contributed by atoms with Gasteiger partial charge in [-0.25, -0.2) is 4.98 Å². The van der Waals surface area contributed by atoms with Gasteiger partial charge in [-0.2, -0.15) is 0 Å². The maximum atomic E-state index is 5.54. The first kappa shape index (κ1) is 6.84. The van der Waals surface area contributed by atoms with Gasteiger partial charge in [0, 0.05) is 7.05 Å². The van der Waals surface area contributed by atoms with Crippen molar-refractivity contribution < 1.29 is 0 Å². The van der Waals surface area contributed by atoms with E-state index in [1.807, 2.05) is 11.6 Å². The molecule has 3 heteroatoms. The molecule has 3 nitrogen and oxygen atoms in total. The molecule has 1 heterocycles. The first-order chi connectivity index (χ1) is 4.75. The van der Waals surface area contributed by atoms with Crippen molar-refractivity contribution in [3.63, 3.8) is 0 Å². The Kier molecular flexibility index (Phi) is 1.74. The van der Waals surface area contributed by atoms with Gasteiger partial charge in [0.25, 0.3) is 0 Å². The summed E-state index contributed by atoms with van der Waals surface area (Å²) in [6.07, 6.45) is 8.46. The van der Waals surface area contributed by atoms with Crippen molar-refractivity contribution in [1.29, 1.82) is 0 Å². The van der Waals surface area contributed by atoms with Gasteiger partial charge in [-0.15, -0.1) is 6.42 Å². The van der Waals surface area contributed by atoms with E-state index in [4.69, 9.17) is 12.2 Å². The average Bonchev–Trinajstić information content (AvgIpc) is 2.34. The van der Waals surface area contributed by atoms with Gasteiger partial charge >= 0.3 is 0 Å². The van der Waals surface area contributed by atoms with E-state index >= 15 is 0 Å². The Morgan fingerprint density at radius 2 is 2.60 bits per heavy atom. The van der Waals surface area contributed by atoms with Crippen molar-refractivity contribution in [1.82, 2.24) is 9.55 Å². The molecule has 10 heavy (non-hydrogen) atoms. The zero-order valence-electron chi connectivity index (χ0n) is 5.78. The molecule has 52 valence electrons. The van der Waals surface area contributed by atoms with Crippen molar-refractivity contribution in [2.24, 2.45) is 12.8 Å². The van der Waals surface area contributed by atoms with Crippen LogP contribution < -0.4 is 5.73 Å². The molecule has 0 bridgehead atoms. The molecule has 0 aliphatic carbocycles. The van der Waals surface area contributed by atoms with Crippen LogP contribution in [0, 0.1) is 12.3 Å². The minimum Gasteiger partial charge on any atom is -0.336 e. The minimum atomic E-state index is -0.340. The van der Waals surface area contributed by atoms with E-state index in [-0.39, 0.29) is 6.04 Å². The Morgan fingerprint density at radius 1 is 1.90 bits per heavy atom. The van der Waals surface area contributed by atoms with Gasteiger partial charge in [-0.05, 0) is 0 Å². The maximum Gasteiger partial charge on any atom is 0.109 e. The van der Waals surface area contributed by atoms with Crippen LogP contribution >= 0.6 is 0 Å². The van der Waals surface area contributed by atoms with Gasteiger partial charge < -0.3 is 10.3 Å². The molecule has 1 rings (SSSR count). The molecule has 1 atom stereocenters. The average molecular weight is 135 g/mol. The second-order valence-corrected chi connectivity index (χ2v) is 2.07. The number of aromatic nitrogens is 2. The molecule has 0 saturated heterocycles. The fourth-order valence-electron chi connectivity index (χ4n) is 0.753. The van der Waals surface area contributed by atoms with Gasteiger partial charge in [0.1, 0.15) is 6.04 Å². The molecule has 0 fully saturated rings. The fraction of sp³-hybridized carbons (Fsp3) is 0.286. The molecule has 0 aliphatic rings. The highest BCUT2D eigenvalue weighted by Gasteiger charge is 2.04. The SMILES string of the molecule is C#CC(N)c1cncn1C. The minimum absolute atomic E-state index is 0.340. The van der Waals surface area contributed by atoms with Crippen LogP contribution in [0.15, 0.2) is 12.5 Å². The van der Waals surface area contributed by atoms with Crippen molar-refractivity contribution in [2.45, 2.75) is 6.04 Å². The molecule has 1 unspecified atom stereocenters. The zero-order chi connectivity index (χ0) is 7.56. The van der Waals surface area contributed by atoms with Gasteiger partial charge in [0.2, 0.25) is 0 Å². The van der Waals surface area contributed by atoms with Crippen LogP contribution in [-0.4, -0.2) is 9.55 Å². The third kappa shape index (κ3) is 1.02. The summed E-state index contributed by atoms with van der Waals surface area (Å²) in [6, 6.07) is -0.340. The quantitative estimate of drug-likeness (QED) is 0.553. The molecule has 1 aromatic rings. The summed E-state index contributed by atoms with van der Waals surface area (Å²) in [5.41, 5.74) is 6.41. The number of nitrogens with zero attached hydrogens (tertiary/aromatic N) is 2. The van der Waals surface area contributed by atoms with E-state index in [0.29, 0.717) is 0 Å². The van der Waals surface area contributed by atoms with E-state index in [9.17, 15) is 0 Å². The third-order valence-corrected chi connectivity index (χ3v) is 1.35. The molecule has 0 aromatic carbocycles. The van der Waals surface area contributed by atoms with Crippen molar-refractivity contribution in [3.05, 3.63) is 18.2 Å². The van der Waals surface area contributed by atoms with E-state index in [1.54, 1.807) is 12.5 Å². The number of rotatable bonds is 1. The standard InChI is InChI=1S/C7H9N3/c1-3-6(8)7-4-9-5-10(7)2/h1,4-6H,8H2,2H3. The topological polar surface area (TPSA) is 43.8 Å². The van der Waals surface area contributed by atoms with Crippen LogP contribution in [0.5, 0.6) is 0 Å². The normalized spacial score (nSPS) is 12.5. The smallest absolute Gasteiger partial charge is 0.109 e. The van der Waals surface area contributed by atoms with Crippen LogP contribution in [0.2, 0.25) is 0 Å². The molecule has 2 N–H and O–H groups in total. The summed E-state index contributed by atoms with van der Waals surface area (Å²) in [7, 11) is 1.86. The predicted molar refractivity (Wildman–Crippen MR) is 39.0 cm³/mol. The molecule has 0 spiro atoms. The Hall–Kier alpha value is -1.27. The van der Waals surface area contributed by atoms with Gasteiger partial charge in [0.15, 0.2) is 0 Å². The van der Waals surface area contributed by atoms with Crippen LogP contribution in [0.1, 0.15) is 11.7 Å². The zero-order valence-corrected chi connectivity index (χ0v) is 5.78. The summed E-state index contributed by atoms with van der Waals surface area (Å²) >= 11 is 0. The first-order valence-electron chi connectivity index (χ1n) is 2.93. The number of hydrogen-bond donors (Lipinski definition) is 1. The lowest BCUT2D eigenvalue weighted by molar-refractivity contribution is 0.778. The highest BCUT2D eigenvalue weighted by Crippen LogP contribution is 2.05. The molecule has 0 radical (unpaired) electrons. The molecular weight excluding hydrogens is 126 g/mol. The summed E-state index contributed by atoms with van der Waals surface area (Å²) < 4.78 is 1.81. The Labute approximate surface area is 59.9 Å². The Balaban J connectivity index is 2.96. The van der Waals surface area contributed by atoms with Crippen molar-refractivity contribution in [2.75, 3.05) is 0 Å². The van der Waals surface area contributed by atoms with E-state index in [1.165, 1.54) is 0 Å². The van der Waals surface area contributed by atoms with Crippen LogP contribution in [-0.2, 0) is 7.05 Å². The Bertz CT molecular complexity index is 256. The fourth-order valence-corrected chi connectivity index (χ4v) is 0.753. The number of imidazole rings is 1. The van der Waals surface area contributed by atoms with Crippen molar-refractivity contribution >= 4 is 0 Å². The largest absolute Gasteiger partial charge is 0.336 e. The van der Waals surface area contributed by atoms with Crippen LogP contribution in [0.4, 0.5) is 0 Å². The highest BCUT2D eigenvalue weighted by atomic mass is 15.0. The highest BCUT2D eigenvalue weighted by molar-refractivity contribution is 5.15. The van der Waals surface area contributed by atoms with E-state index < -0.39 is 0 Å². The maximum absolute atomic E-state index is 5.54. The molecular formula is C7H9N3. The first-order valence-corrected chi connectivity index (χ1v) is 2.93. The Morgan fingerprint density at radius 3 is 3.00 bits per heavy atom. The summed E-state index contributed by atoms with van der Waals surface area (Å²) in [5.74, 6) is 2.43. The van der Waals surface area contributed by atoms with Crippen molar-refractivity contribution in [3.8, 4) is 12.3 Å². The number of aryl methyl sites for hydroxylation is 1. The third-order valence-electron chi connectivity index (χ3n) is 1.35. The monoisotopic (exact) mass is 135 g/mol. The lowest BCUT2D eigenvalue weighted by Crippen LogP contribution is -2.10. The molecule has 0 saturated carbocycles. The number of nitrogens with two attached hydrogens (primary N) is 1. The summed E-state index contributed by atoms with van der Waals surface area (Å²) in [4.78, 5) is 3.88. The van der Waals surface area contributed by atoms with E-state index in [2.05, 4.69) is 10.9 Å². The summed E-state index contributed by atoms with van der Waals surface area (Å²) in [5, 5.41) is 0. The number of terminal acetylenes is 1. The van der Waals surface area contributed by atoms with Gasteiger partial charge in [0.05, 0.1) is 18.2 Å². The second-order valence-electron chi connectivity index (χ2n) is 2.07. The van der Waals surface area contributed by atoms with Crippen LogP contribution in [0.3, 0.4) is 0 Å². The molecule has 1 aromatic heterocycles. The molecule has 0 amide bonds. The number of hydrogen-bond acceptors (Lipinski definition) is 2. The molecule has 0 aliphatic heterocycles. The predicted octanol–water partition coefficient (Wildman–Crippen LogP) is 0.0531. The van der Waals surface area contributed by atoms with Gasteiger partial charge in [-0.3, -0.25) is 0 Å². The van der Waals surface area contributed by atoms with Crippen LogP contribution in [0.25, 0.3) is 0 Å². The summed E-state index contributed by atoms with van der Waals surface area (Å²) in [6.45, 7) is 0. The lowest BCUT2D eigenvalue weighted by Gasteiger charge is -2.02. The lowest BCUT2D eigenvalue weighted by atomic mass is 10.2. The van der Waals surface area contributed by atoms with Gasteiger partial charge in [-0.1, -0.05) is 5.92 Å². The van der Waals surface area contributed by atoms with E-state index in [0.717, 1.165) is 5.69 Å². The second kappa shape index (κ2) is 2.54.